The molecule has 1 fully saturated rings. The first-order chi connectivity index (χ1) is 15.6. The normalized spacial score (nSPS) is 20.4. The van der Waals surface area contributed by atoms with Crippen LogP contribution in [0.1, 0.15) is 63.6 Å². The van der Waals surface area contributed by atoms with Crippen LogP contribution in [-0.2, 0) is 4.79 Å². The van der Waals surface area contributed by atoms with Crippen molar-refractivity contribution in [2.24, 2.45) is 0 Å². The lowest BCUT2D eigenvalue weighted by Gasteiger charge is -2.39. The molecule has 1 saturated carbocycles. The zero-order valence-corrected chi connectivity index (χ0v) is 18.8. The standard InChI is InChI=1S/C24H24N4O3S/c1-28-20(14-10-12-16(31-2)13-11-14)19(17-8-3-4-9-18(17)23(28)30)21(29)25-24-27-26-22(32-24)15-6-5-7-15/h3-4,8-13,15,19-20H,5-7H2,1-2H3,(H,25,27,29)/t19-,20+/m1/s1. The van der Waals surface area contributed by atoms with Gasteiger partial charge in [0, 0.05) is 18.5 Å². The zero-order chi connectivity index (χ0) is 22.2. The number of nitrogens with one attached hydrogen (secondary N) is 1. The number of benzene rings is 2. The molecule has 2 amide bonds. The van der Waals surface area contributed by atoms with Crippen LogP contribution in [0.25, 0.3) is 0 Å². The van der Waals surface area contributed by atoms with E-state index in [1.54, 1.807) is 25.1 Å². The molecule has 0 bridgehead atoms. The molecule has 2 aromatic carbocycles. The first-order valence-corrected chi connectivity index (χ1v) is 11.5. The Balaban J connectivity index is 1.51. The largest absolute Gasteiger partial charge is 0.497 e. The van der Waals surface area contributed by atoms with Crippen molar-refractivity contribution in [2.75, 3.05) is 19.5 Å². The van der Waals surface area contributed by atoms with Crippen LogP contribution in [0.15, 0.2) is 48.5 Å². The summed E-state index contributed by atoms with van der Waals surface area (Å²) in [5.74, 6) is 0.294. The Morgan fingerprint density at radius 2 is 1.88 bits per heavy atom. The van der Waals surface area contributed by atoms with E-state index in [0.29, 0.717) is 16.6 Å². The molecular weight excluding hydrogens is 424 g/mol. The second-order valence-electron chi connectivity index (χ2n) is 8.26. The van der Waals surface area contributed by atoms with Gasteiger partial charge in [-0.2, -0.15) is 0 Å². The highest BCUT2D eigenvalue weighted by atomic mass is 32.1. The first-order valence-electron chi connectivity index (χ1n) is 10.7. The van der Waals surface area contributed by atoms with Crippen LogP contribution in [-0.4, -0.2) is 41.1 Å². The average Bonchev–Trinajstić information content (AvgIpc) is 3.22. The minimum atomic E-state index is -0.585. The van der Waals surface area contributed by atoms with E-state index < -0.39 is 12.0 Å². The number of carbonyl (C=O) groups is 2. The van der Waals surface area contributed by atoms with Gasteiger partial charge in [-0.05, 0) is 42.2 Å². The topological polar surface area (TPSA) is 84.4 Å². The molecule has 1 aliphatic carbocycles. The summed E-state index contributed by atoms with van der Waals surface area (Å²) in [6.45, 7) is 0. The second kappa shape index (κ2) is 8.35. The number of carbonyl (C=O) groups excluding carboxylic acids is 2. The highest BCUT2D eigenvalue weighted by Gasteiger charge is 2.42. The van der Waals surface area contributed by atoms with Crippen molar-refractivity contribution in [3.63, 3.8) is 0 Å². The van der Waals surface area contributed by atoms with Gasteiger partial charge in [0.2, 0.25) is 11.0 Å². The van der Waals surface area contributed by atoms with E-state index in [-0.39, 0.29) is 11.8 Å². The maximum absolute atomic E-state index is 13.6. The number of likely N-dealkylation sites (N-methyl/N-ethyl adjacent to an activating group) is 1. The van der Waals surface area contributed by atoms with Crippen LogP contribution in [0, 0.1) is 0 Å². The summed E-state index contributed by atoms with van der Waals surface area (Å²) in [5.41, 5.74) is 2.13. The summed E-state index contributed by atoms with van der Waals surface area (Å²) in [6, 6.07) is 14.4. The van der Waals surface area contributed by atoms with E-state index >= 15 is 0 Å². The maximum atomic E-state index is 13.6. The quantitative estimate of drug-likeness (QED) is 0.627. The SMILES string of the molecule is COc1ccc([C@H]2[C@H](C(=O)Nc3nnc(C4CCC4)s3)c3ccccc3C(=O)N2C)cc1. The van der Waals surface area contributed by atoms with Crippen molar-refractivity contribution in [2.45, 2.75) is 37.1 Å². The highest BCUT2D eigenvalue weighted by molar-refractivity contribution is 7.15. The third-order valence-corrected chi connectivity index (χ3v) is 7.45. The fourth-order valence-electron chi connectivity index (χ4n) is 4.46. The Bertz CT molecular complexity index is 1160. The number of nitrogens with zero attached hydrogens (tertiary/aromatic N) is 3. The molecule has 5 rings (SSSR count). The van der Waals surface area contributed by atoms with Crippen molar-refractivity contribution in [3.8, 4) is 5.75 Å². The smallest absolute Gasteiger partial charge is 0.254 e. The molecule has 8 heteroatoms. The second-order valence-corrected chi connectivity index (χ2v) is 9.27. The number of hydrogen-bond acceptors (Lipinski definition) is 6. The van der Waals surface area contributed by atoms with Crippen molar-refractivity contribution in [1.29, 1.82) is 0 Å². The number of anilines is 1. The minimum Gasteiger partial charge on any atom is -0.497 e. The number of aromatic nitrogens is 2. The van der Waals surface area contributed by atoms with Crippen molar-refractivity contribution < 1.29 is 14.3 Å². The van der Waals surface area contributed by atoms with Gasteiger partial charge >= 0.3 is 0 Å². The molecule has 32 heavy (non-hydrogen) atoms. The predicted octanol–water partition coefficient (Wildman–Crippen LogP) is 4.36. The lowest BCUT2D eigenvalue weighted by atomic mass is 9.79. The van der Waals surface area contributed by atoms with Gasteiger partial charge in [-0.1, -0.05) is 48.1 Å². The average molecular weight is 449 g/mol. The van der Waals surface area contributed by atoms with Crippen LogP contribution in [0.3, 0.4) is 0 Å². The number of hydrogen-bond donors (Lipinski definition) is 1. The van der Waals surface area contributed by atoms with Gasteiger partial charge in [-0.3, -0.25) is 14.9 Å². The Labute approximate surface area is 190 Å². The third kappa shape index (κ3) is 3.54. The lowest BCUT2D eigenvalue weighted by Crippen LogP contribution is -2.44. The number of ether oxygens (including phenoxy) is 1. The molecule has 0 radical (unpaired) electrons. The molecular formula is C24H24N4O3S. The molecule has 0 unspecified atom stereocenters. The Kier molecular flexibility index (Phi) is 5.38. The van der Waals surface area contributed by atoms with E-state index in [4.69, 9.17) is 4.74 Å². The monoisotopic (exact) mass is 448 g/mol. The molecule has 2 atom stereocenters. The van der Waals surface area contributed by atoms with Gasteiger partial charge in [0.1, 0.15) is 10.8 Å². The van der Waals surface area contributed by atoms with E-state index in [0.717, 1.165) is 34.7 Å². The zero-order valence-electron chi connectivity index (χ0n) is 17.9. The lowest BCUT2D eigenvalue weighted by molar-refractivity contribution is -0.119. The fraction of sp³-hybridized carbons (Fsp3) is 0.333. The van der Waals surface area contributed by atoms with E-state index in [9.17, 15) is 9.59 Å². The predicted molar refractivity (Wildman–Crippen MR) is 122 cm³/mol. The molecule has 3 aromatic rings. The minimum absolute atomic E-state index is 0.103. The van der Waals surface area contributed by atoms with E-state index in [1.807, 2.05) is 42.5 Å². The molecule has 1 N–H and O–H groups in total. The van der Waals surface area contributed by atoms with Gasteiger partial charge in [0.15, 0.2) is 0 Å². The molecule has 2 heterocycles. The number of fused-ring (bicyclic) bond motifs is 1. The molecule has 1 aromatic heterocycles. The summed E-state index contributed by atoms with van der Waals surface area (Å²) in [5, 5.41) is 12.9. The molecule has 2 aliphatic rings. The van der Waals surface area contributed by atoms with Crippen LogP contribution in [0.2, 0.25) is 0 Å². The van der Waals surface area contributed by atoms with Crippen LogP contribution in [0.4, 0.5) is 5.13 Å². The maximum Gasteiger partial charge on any atom is 0.254 e. The summed E-state index contributed by atoms with van der Waals surface area (Å²) in [7, 11) is 3.35. The van der Waals surface area contributed by atoms with Crippen molar-refractivity contribution >= 4 is 28.3 Å². The molecule has 0 saturated heterocycles. The fourth-order valence-corrected chi connectivity index (χ4v) is 5.38. The van der Waals surface area contributed by atoms with Gasteiger partial charge in [-0.15, -0.1) is 10.2 Å². The Morgan fingerprint density at radius 3 is 2.56 bits per heavy atom. The number of amides is 2. The number of rotatable bonds is 5. The summed E-state index contributed by atoms with van der Waals surface area (Å²) < 4.78 is 5.28. The van der Waals surface area contributed by atoms with Crippen LogP contribution < -0.4 is 10.1 Å². The third-order valence-electron chi connectivity index (χ3n) is 6.44. The Hall–Kier alpha value is -3.26. The van der Waals surface area contributed by atoms with Crippen LogP contribution >= 0.6 is 11.3 Å². The Morgan fingerprint density at radius 1 is 1.12 bits per heavy atom. The summed E-state index contributed by atoms with van der Waals surface area (Å²) in [4.78, 5) is 28.4. The molecule has 7 nitrogen and oxygen atoms in total. The highest BCUT2D eigenvalue weighted by Crippen LogP contribution is 2.43. The van der Waals surface area contributed by atoms with E-state index in [1.165, 1.54) is 17.8 Å². The summed E-state index contributed by atoms with van der Waals surface area (Å²) in [6.07, 6.45) is 3.48. The van der Waals surface area contributed by atoms with Crippen molar-refractivity contribution in [3.05, 3.63) is 70.2 Å². The van der Waals surface area contributed by atoms with Gasteiger partial charge < -0.3 is 9.64 Å². The van der Waals surface area contributed by atoms with Crippen LogP contribution in [0.5, 0.6) is 5.75 Å². The van der Waals surface area contributed by atoms with Gasteiger partial charge in [0.25, 0.3) is 5.91 Å². The van der Waals surface area contributed by atoms with Gasteiger partial charge in [0.05, 0.1) is 19.1 Å². The first kappa shape index (κ1) is 20.6. The van der Waals surface area contributed by atoms with Crippen molar-refractivity contribution in [1.82, 2.24) is 15.1 Å². The molecule has 0 spiro atoms. The molecule has 1 aliphatic heterocycles. The number of methoxy groups -OCH3 is 1. The van der Waals surface area contributed by atoms with E-state index in [2.05, 4.69) is 15.5 Å². The summed E-state index contributed by atoms with van der Waals surface area (Å²) >= 11 is 1.44. The molecule has 164 valence electrons. The van der Waals surface area contributed by atoms with Gasteiger partial charge in [-0.25, -0.2) is 0 Å².